The molecule has 7 nitrogen and oxygen atoms in total. The number of guanidine groups is 1. The Hall–Kier alpha value is -1.84. The summed E-state index contributed by atoms with van der Waals surface area (Å²) in [5.41, 5.74) is 2.24. The van der Waals surface area contributed by atoms with Crippen molar-refractivity contribution in [3.05, 3.63) is 41.0 Å². The topological polar surface area (TPSA) is 84.6 Å². The van der Waals surface area contributed by atoms with E-state index in [1.807, 2.05) is 27.7 Å². The Balaban J connectivity index is 0.00000364. The smallest absolute Gasteiger partial charge is 0.228 e. The number of rotatable bonds is 8. The second-order valence-electron chi connectivity index (χ2n) is 6.39. The van der Waals surface area contributed by atoms with E-state index in [0.29, 0.717) is 31.2 Å². The van der Waals surface area contributed by atoms with Crippen LogP contribution in [-0.2, 0) is 13.0 Å². The van der Waals surface area contributed by atoms with Crippen LogP contribution in [0.5, 0.6) is 5.75 Å². The lowest BCUT2D eigenvalue weighted by Gasteiger charge is -2.15. The second-order valence-corrected chi connectivity index (χ2v) is 6.39. The Kier molecular flexibility index (Phi) is 10.1. The summed E-state index contributed by atoms with van der Waals surface area (Å²) in [7, 11) is 0. The van der Waals surface area contributed by atoms with Crippen LogP contribution in [0.4, 0.5) is 0 Å². The van der Waals surface area contributed by atoms with Crippen molar-refractivity contribution < 1.29 is 9.26 Å². The Morgan fingerprint density at radius 1 is 1.26 bits per heavy atom. The molecule has 0 aliphatic heterocycles. The first-order valence-electron chi connectivity index (χ1n) is 9.05. The zero-order chi connectivity index (χ0) is 18.9. The zero-order valence-corrected chi connectivity index (χ0v) is 19.0. The molecule has 1 aromatic heterocycles. The van der Waals surface area contributed by atoms with Crippen LogP contribution in [-0.4, -0.2) is 35.3 Å². The van der Waals surface area contributed by atoms with E-state index in [1.54, 1.807) is 0 Å². The third-order valence-electron chi connectivity index (χ3n) is 3.54. The molecule has 0 bridgehead atoms. The van der Waals surface area contributed by atoms with Crippen LogP contribution in [0, 0.1) is 13.8 Å². The fraction of sp³-hybridized carbons (Fsp3) is 0.526. The average Bonchev–Trinajstić information content (AvgIpc) is 2.98. The molecule has 0 spiro atoms. The average molecular weight is 487 g/mol. The largest absolute Gasteiger partial charge is 0.491 e. The summed E-state index contributed by atoms with van der Waals surface area (Å²) in [6, 6.07) is 6.21. The Morgan fingerprint density at radius 3 is 2.67 bits per heavy atom. The number of halogens is 1. The standard InChI is InChI=1S/C19H29N5O2.HI/c1-6-20-19(21-10-9-18-23-15(5)24-26-18)22-12-16-8-7-14(4)11-17(16)25-13(2)3;/h7-8,11,13H,6,9-10,12H2,1-5H3,(H2,20,21,22);1H. The van der Waals surface area contributed by atoms with Crippen LogP contribution in [0.2, 0.25) is 0 Å². The van der Waals surface area contributed by atoms with Gasteiger partial charge in [-0.2, -0.15) is 4.98 Å². The van der Waals surface area contributed by atoms with Gasteiger partial charge in [0.25, 0.3) is 0 Å². The van der Waals surface area contributed by atoms with Crippen LogP contribution in [0.1, 0.15) is 43.6 Å². The molecule has 0 amide bonds. The SMILES string of the molecule is CCNC(=NCc1ccc(C)cc1OC(C)C)NCCc1nc(C)no1.I. The number of aliphatic imine (C=N–C) groups is 1. The summed E-state index contributed by atoms with van der Waals surface area (Å²) < 4.78 is 11.0. The molecule has 2 rings (SSSR count). The number of nitrogens with one attached hydrogen (secondary N) is 2. The van der Waals surface area contributed by atoms with Gasteiger partial charge < -0.3 is 19.9 Å². The Labute approximate surface area is 178 Å². The number of ether oxygens (including phenoxy) is 1. The van der Waals surface area contributed by atoms with Gasteiger partial charge in [-0.25, -0.2) is 4.99 Å². The van der Waals surface area contributed by atoms with Crippen LogP contribution in [0.25, 0.3) is 0 Å². The first kappa shape index (κ1) is 23.2. The number of hydrogen-bond donors (Lipinski definition) is 2. The highest BCUT2D eigenvalue weighted by Gasteiger charge is 2.07. The maximum Gasteiger partial charge on any atom is 0.228 e. The van der Waals surface area contributed by atoms with Gasteiger partial charge in [0.2, 0.25) is 5.89 Å². The van der Waals surface area contributed by atoms with Crippen molar-refractivity contribution in [2.24, 2.45) is 4.99 Å². The third kappa shape index (κ3) is 8.15. The van der Waals surface area contributed by atoms with E-state index in [1.165, 1.54) is 5.56 Å². The van der Waals surface area contributed by atoms with E-state index in [0.717, 1.165) is 23.8 Å². The first-order chi connectivity index (χ1) is 12.5. The molecule has 0 fully saturated rings. The minimum absolute atomic E-state index is 0. The summed E-state index contributed by atoms with van der Waals surface area (Å²) in [6.45, 7) is 12.0. The molecule has 2 aromatic rings. The molecule has 0 unspecified atom stereocenters. The summed E-state index contributed by atoms with van der Waals surface area (Å²) in [5.74, 6) is 2.91. The highest BCUT2D eigenvalue weighted by molar-refractivity contribution is 14.0. The molecule has 0 saturated carbocycles. The molecule has 150 valence electrons. The Bertz CT molecular complexity index is 731. The molecule has 0 atom stereocenters. The van der Waals surface area contributed by atoms with E-state index in [-0.39, 0.29) is 30.1 Å². The first-order valence-corrected chi connectivity index (χ1v) is 9.05. The highest BCUT2D eigenvalue weighted by Crippen LogP contribution is 2.22. The minimum Gasteiger partial charge on any atom is -0.491 e. The highest BCUT2D eigenvalue weighted by atomic mass is 127. The predicted molar refractivity (Wildman–Crippen MR) is 118 cm³/mol. The van der Waals surface area contributed by atoms with Crippen molar-refractivity contribution in [2.75, 3.05) is 13.1 Å². The maximum atomic E-state index is 5.92. The summed E-state index contributed by atoms with van der Waals surface area (Å²) in [6.07, 6.45) is 0.779. The molecule has 0 aliphatic rings. The number of aryl methyl sites for hydroxylation is 2. The number of hydrogen-bond acceptors (Lipinski definition) is 5. The Morgan fingerprint density at radius 2 is 2.04 bits per heavy atom. The molecule has 1 aromatic carbocycles. The summed E-state index contributed by atoms with van der Waals surface area (Å²) in [4.78, 5) is 8.87. The molecule has 8 heteroatoms. The van der Waals surface area contributed by atoms with Gasteiger partial charge in [0, 0.05) is 25.1 Å². The van der Waals surface area contributed by atoms with Crippen molar-refractivity contribution in [2.45, 2.75) is 53.7 Å². The molecule has 0 aliphatic carbocycles. The number of nitrogens with zero attached hydrogens (tertiary/aromatic N) is 3. The van der Waals surface area contributed by atoms with Crippen molar-refractivity contribution >= 4 is 29.9 Å². The van der Waals surface area contributed by atoms with Gasteiger partial charge in [0.15, 0.2) is 11.8 Å². The van der Waals surface area contributed by atoms with E-state index >= 15 is 0 Å². The molecule has 0 saturated heterocycles. The van der Waals surface area contributed by atoms with E-state index in [4.69, 9.17) is 9.26 Å². The predicted octanol–water partition coefficient (Wildman–Crippen LogP) is 3.39. The van der Waals surface area contributed by atoms with Crippen LogP contribution in [0.15, 0.2) is 27.7 Å². The molecule has 27 heavy (non-hydrogen) atoms. The molecular formula is C19H30IN5O2. The van der Waals surface area contributed by atoms with Crippen molar-refractivity contribution in [3.63, 3.8) is 0 Å². The lowest BCUT2D eigenvalue weighted by Crippen LogP contribution is -2.38. The normalized spacial score (nSPS) is 11.3. The quantitative estimate of drug-likeness (QED) is 0.338. The van der Waals surface area contributed by atoms with Gasteiger partial charge in [0.1, 0.15) is 5.75 Å². The molecule has 2 N–H and O–H groups in total. The second kappa shape index (κ2) is 11.8. The van der Waals surface area contributed by atoms with Crippen LogP contribution < -0.4 is 15.4 Å². The van der Waals surface area contributed by atoms with Gasteiger partial charge in [-0.3, -0.25) is 0 Å². The van der Waals surface area contributed by atoms with Crippen molar-refractivity contribution in [3.8, 4) is 5.75 Å². The van der Waals surface area contributed by atoms with Gasteiger partial charge in [0.05, 0.1) is 12.6 Å². The molecular weight excluding hydrogens is 457 g/mol. The van der Waals surface area contributed by atoms with E-state index in [2.05, 4.69) is 50.9 Å². The maximum absolute atomic E-state index is 5.92. The van der Waals surface area contributed by atoms with Crippen molar-refractivity contribution in [1.29, 1.82) is 0 Å². The lowest BCUT2D eigenvalue weighted by molar-refractivity contribution is 0.240. The third-order valence-corrected chi connectivity index (χ3v) is 3.54. The fourth-order valence-corrected chi connectivity index (χ4v) is 2.39. The van der Waals surface area contributed by atoms with Gasteiger partial charge >= 0.3 is 0 Å². The van der Waals surface area contributed by atoms with Crippen molar-refractivity contribution in [1.82, 2.24) is 20.8 Å². The number of benzene rings is 1. The summed E-state index contributed by atoms with van der Waals surface area (Å²) in [5, 5.41) is 10.3. The van der Waals surface area contributed by atoms with E-state index in [9.17, 15) is 0 Å². The minimum atomic E-state index is 0. The van der Waals surface area contributed by atoms with Crippen LogP contribution >= 0.6 is 24.0 Å². The summed E-state index contributed by atoms with van der Waals surface area (Å²) >= 11 is 0. The van der Waals surface area contributed by atoms with Gasteiger partial charge in [-0.1, -0.05) is 17.3 Å². The molecule has 1 heterocycles. The van der Waals surface area contributed by atoms with E-state index < -0.39 is 0 Å². The van der Waals surface area contributed by atoms with Gasteiger partial charge in [-0.15, -0.1) is 24.0 Å². The fourth-order valence-electron chi connectivity index (χ4n) is 2.39. The number of aromatic nitrogens is 2. The molecule has 0 radical (unpaired) electrons. The monoisotopic (exact) mass is 487 g/mol. The zero-order valence-electron chi connectivity index (χ0n) is 16.7. The lowest BCUT2D eigenvalue weighted by atomic mass is 10.1. The van der Waals surface area contributed by atoms with Gasteiger partial charge in [-0.05, 0) is 46.2 Å². The van der Waals surface area contributed by atoms with Crippen LogP contribution in [0.3, 0.4) is 0 Å².